The van der Waals surface area contributed by atoms with Crippen molar-refractivity contribution in [1.29, 1.82) is 0 Å². The number of ether oxygens (including phenoxy) is 1. The van der Waals surface area contributed by atoms with Gasteiger partial charge in [-0.1, -0.05) is 6.92 Å². The average molecular weight is 278 g/mol. The van der Waals surface area contributed by atoms with E-state index in [4.69, 9.17) is 4.74 Å². The summed E-state index contributed by atoms with van der Waals surface area (Å²) in [5, 5.41) is 17.3. The van der Waals surface area contributed by atoms with Gasteiger partial charge in [-0.25, -0.2) is 9.78 Å². The Balaban J connectivity index is 2.37. The Labute approximate surface area is 116 Å². The number of carbonyl (C=O) groups is 1. The van der Waals surface area contributed by atoms with Gasteiger partial charge in [0.1, 0.15) is 5.56 Å². The summed E-state index contributed by atoms with van der Waals surface area (Å²) >= 11 is 0. The molecule has 0 aliphatic heterocycles. The van der Waals surface area contributed by atoms with Crippen molar-refractivity contribution in [1.82, 2.24) is 14.8 Å². The van der Waals surface area contributed by atoms with Crippen LogP contribution in [0, 0.1) is 5.92 Å². The number of pyridine rings is 1. The van der Waals surface area contributed by atoms with Gasteiger partial charge in [-0.05, 0) is 5.92 Å². The maximum atomic E-state index is 11.3. The van der Waals surface area contributed by atoms with Crippen molar-refractivity contribution >= 4 is 22.7 Å². The number of hydrogen-bond acceptors (Lipinski definition) is 5. The van der Waals surface area contributed by atoms with Crippen molar-refractivity contribution < 1.29 is 14.6 Å². The molecule has 20 heavy (non-hydrogen) atoms. The van der Waals surface area contributed by atoms with Gasteiger partial charge in [0.25, 0.3) is 0 Å². The number of fused-ring (bicyclic) bond motifs is 1. The molecule has 0 bridgehead atoms. The molecule has 0 saturated carbocycles. The summed E-state index contributed by atoms with van der Waals surface area (Å²) < 4.78 is 6.69. The molecule has 108 valence electrons. The van der Waals surface area contributed by atoms with E-state index in [9.17, 15) is 9.90 Å². The molecule has 7 heteroatoms. The van der Waals surface area contributed by atoms with Crippen LogP contribution < -0.4 is 5.32 Å². The molecule has 7 nitrogen and oxygen atoms in total. The predicted octanol–water partition coefficient (Wildman–Crippen LogP) is 1.36. The van der Waals surface area contributed by atoms with Gasteiger partial charge in [0.05, 0.1) is 23.9 Å². The van der Waals surface area contributed by atoms with Gasteiger partial charge < -0.3 is 15.2 Å². The highest BCUT2D eigenvalue weighted by Gasteiger charge is 2.17. The van der Waals surface area contributed by atoms with E-state index in [2.05, 4.69) is 15.4 Å². The Morgan fingerprint density at radius 3 is 2.95 bits per heavy atom. The van der Waals surface area contributed by atoms with Gasteiger partial charge in [0, 0.05) is 26.9 Å². The lowest BCUT2D eigenvalue weighted by Crippen LogP contribution is -2.17. The molecular formula is C13H18N4O3. The number of nitrogens with zero attached hydrogens (tertiary/aromatic N) is 3. The highest BCUT2D eigenvalue weighted by atomic mass is 16.5. The van der Waals surface area contributed by atoms with Gasteiger partial charge in [-0.2, -0.15) is 5.10 Å². The lowest BCUT2D eigenvalue weighted by atomic mass is 10.1. The number of carboxylic acids is 1. The fourth-order valence-electron chi connectivity index (χ4n) is 2.07. The predicted molar refractivity (Wildman–Crippen MR) is 75.0 cm³/mol. The normalized spacial score (nSPS) is 12.6. The Bertz CT molecular complexity index is 623. The summed E-state index contributed by atoms with van der Waals surface area (Å²) in [5.41, 5.74) is 1.35. The summed E-state index contributed by atoms with van der Waals surface area (Å²) in [4.78, 5) is 15.5. The number of nitrogens with one attached hydrogen (secondary N) is 1. The Morgan fingerprint density at radius 1 is 1.55 bits per heavy atom. The number of carboxylic acid groups (broad SMARTS) is 1. The second kappa shape index (κ2) is 5.87. The quantitative estimate of drug-likeness (QED) is 0.829. The number of methoxy groups -OCH3 is 1. The van der Waals surface area contributed by atoms with E-state index in [1.165, 1.54) is 6.20 Å². The first-order valence-electron chi connectivity index (χ1n) is 6.31. The zero-order valence-corrected chi connectivity index (χ0v) is 11.8. The van der Waals surface area contributed by atoms with Gasteiger partial charge in [0.2, 0.25) is 0 Å². The molecule has 2 aromatic heterocycles. The minimum atomic E-state index is -1.01. The molecule has 0 saturated heterocycles. The van der Waals surface area contributed by atoms with E-state index < -0.39 is 5.97 Å². The number of hydrogen-bond donors (Lipinski definition) is 2. The summed E-state index contributed by atoms with van der Waals surface area (Å²) in [5.74, 6) is -0.744. The number of aromatic carboxylic acids is 1. The summed E-state index contributed by atoms with van der Waals surface area (Å²) in [6.07, 6.45) is 2.98. The van der Waals surface area contributed by atoms with Crippen LogP contribution >= 0.6 is 0 Å². The number of rotatable bonds is 6. The van der Waals surface area contributed by atoms with Crippen molar-refractivity contribution in [3.8, 4) is 0 Å². The lowest BCUT2D eigenvalue weighted by Gasteiger charge is -2.14. The molecular weight excluding hydrogens is 260 g/mol. The van der Waals surface area contributed by atoms with Crippen LogP contribution in [0.5, 0.6) is 0 Å². The smallest absolute Gasteiger partial charge is 0.339 e. The topological polar surface area (TPSA) is 89.3 Å². The van der Waals surface area contributed by atoms with Crippen LogP contribution in [0.25, 0.3) is 11.0 Å². The molecule has 0 aliphatic carbocycles. The van der Waals surface area contributed by atoms with E-state index in [0.29, 0.717) is 29.9 Å². The van der Waals surface area contributed by atoms with Gasteiger partial charge in [-0.15, -0.1) is 0 Å². The van der Waals surface area contributed by atoms with Crippen LogP contribution in [0.15, 0.2) is 12.4 Å². The molecule has 0 radical (unpaired) electrons. The molecule has 1 atom stereocenters. The minimum absolute atomic E-state index is 0.148. The molecule has 0 spiro atoms. The van der Waals surface area contributed by atoms with Crippen molar-refractivity contribution in [2.24, 2.45) is 13.0 Å². The molecule has 2 N–H and O–H groups in total. The highest BCUT2D eigenvalue weighted by Crippen LogP contribution is 2.25. The zero-order chi connectivity index (χ0) is 14.7. The van der Waals surface area contributed by atoms with Gasteiger partial charge in [0.15, 0.2) is 5.65 Å². The third kappa shape index (κ3) is 2.72. The molecule has 2 aromatic rings. The van der Waals surface area contributed by atoms with Crippen molar-refractivity contribution in [2.45, 2.75) is 6.92 Å². The van der Waals surface area contributed by atoms with Crippen LogP contribution in [-0.2, 0) is 11.8 Å². The van der Waals surface area contributed by atoms with Gasteiger partial charge >= 0.3 is 5.97 Å². The fourth-order valence-corrected chi connectivity index (χ4v) is 2.07. The van der Waals surface area contributed by atoms with E-state index in [0.717, 1.165) is 0 Å². The molecule has 0 fully saturated rings. The van der Waals surface area contributed by atoms with E-state index in [1.807, 2.05) is 6.92 Å². The summed E-state index contributed by atoms with van der Waals surface area (Å²) in [7, 11) is 3.41. The first kappa shape index (κ1) is 14.3. The van der Waals surface area contributed by atoms with Crippen molar-refractivity contribution in [3.05, 3.63) is 18.0 Å². The van der Waals surface area contributed by atoms with E-state index in [-0.39, 0.29) is 11.5 Å². The largest absolute Gasteiger partial charge is 0.478 e. The molecule has 2 heterocycles. The third-order valence-electron chi connectivity index (χ3n) is 3.07. The third-order valence-corrected chi connectivity index (χ3v) is 3.07. The number of aromatic nitrogens is 3. The standard InChI is InChI=1S/C13H18N4O3/c1-8(7-20-3)4-14-11-9-6-16-17(2)12(9)15-5-10(11)13(18)19/h5-6,8H,4,7H2,1-3H3,(H,14,15)(H,18,19). The second-order valence-electron chi connectivity index (χ2n) is 4.80. The summed E-state index contributed by atoms with van der Waals surface area (Å²) in [6, 6.07) is 0. The summed E-state index contributed by atoms with van der Waals surface area (Å²) in [6.45, 7) is 3.25. The lowest BCUT2D eigenvalue weighted by molar-refractivity contribution is 0.0697. The maximum Gasteiger partial charge on any atom is 0.339 e. The molecule has 0 amide bonds. The molecule has 0 aromatic carbocycles. The van der Waals surface area contributed by atoms with Crippen LogP contribution in [0.1, 0.15) is 17.3 Å². The van der Waals surface area contributed by atoms with E-state index >= 15 is 0 Å². The van der Waals surface area contributed by atoms with Crippen LogP contribution in [0.4, 0.5) is 5.69 Å². The number of aryl methyl sites for hydroxylation is 1. The second-order valence-corrected chi connectivity index (χ2v) is 4.80. The van der Waals surface area contributed by atoms with Crippen LogP contribution in [0.2, 0.25) is 0 Å². The zero-order valence-electron chi connectivity index (χ0n) is 11.8. The first-order chi connectivity index (χ1) is 9.54. The maximum absolute atomic E-state index is 11.3. The van der Waals surface area contributed by atoms with Crippen molar-refractivity contribution in [3.63, 3.8) is 0 Å². The average Bonchev–Trinajstić information content (AvgIpc) is 2.78. The molecule has 0 aliphatic rings. The minimum Gasteiger partial charge on any atom is -0.478 e. The Kier molecular flexibility index (Phi) is 4.19. The fraction of sp³-hybridized carbons (Fsp3) is 0.462. The number of anilines is 1. The van der Waals surface area contributed by atoms with E-state index in [1.54, 1.807) is 25.0 Å². The van der Waals surface area contributed by atoms with Crippen molar-refractivity contribution in [2.75, 3.05) is 25.6 Å². The van der Waals surface area contributed by atoms with Crippen LogP contribution in [0.3, 0.4) is 0 Å². The highest BCUT2D eigenvalue weighted by molar-refractivity contribution is 6.03. The Morgan fingerprint density at radius 2 is 2.30 bits per heavy atom. The first-order valence-corrected chi connectivity index (χ1v) is 6.31. The Hall–Kier alpha value is -2.15. The monoisotopic (exact) mass is 278 g/mol. The van der Waals surface area contributed by atoms with Gasteiger partial charge in [-0.3, -0.25) is 4.68 Å². The SMILES string of the molecule is COCC(C)CNc1c(C(=O)O)cnc2c1cnn2C. The molecule has 1 unspecified atom stereocenters. The molecule has 2 rings (SSSR count). The van der Waals surface area contributed by atoms with Crippen LogP contribution in [-0.4, -0.2) is 46.1 Å².